The van der Waals surface area contributed by atoms with E-state index in [1.54, 1.807) is 38.1 Å². The molecule has 2 rings (SSSR count). The molecule has 0 aromatic heterocycles. The predicted molar refractivity (Wildman–Crippen MR) is 63.7 cm³/mol. The first-order chi connectivity index (χ1) is 7.86. The molecule has 1 aliphatic carbocycles. The molecule has 0 saturated heterocycles. The Morgan fingerprint density at radius 2 is 1.82 bits per heavy atom. The summed E-state index contributed by atoms with van der Waals surface area (Å²) in [5.74, 6) is -0.871. The molecular weight excluding hydrogens is 219 g/mol. The molecule has 0 unspecified atom stereocenters. The molecule has 0 bridgehead atoms. The van der Waals surface area contributed by atoms with Crippen LogP contribution in [0.25, 0.3) is 0 Å². The highest BCUT2D eigenvalue weighted by Gasteiger charge is 2.39. The smallest absolute Gasteiger partial charge is 0.313 e. The van der Waals surface area contributed by atoms with Crippen molar-refractivity contribution in [1.29, 1.82) is 0 Å². The second-order valence-electron chi connectivity index (χ2n) is 5.33. The van der Waals surface area contributed by atoms with Gasteiger partial charge in [-0.25, -0.2) is 4.39 Å². The third-order valence-electron chi connectivity index (χ3n) is 3.80. The highest BCUT2D eigenvalue weighted by atomic mass is 19.1. The summed E-state index contributed by atoms with van der Waals surface area (Å²) in [5, 5.41) is 9.11. The molecule has 1 fully saturated rings. The number of carbonyl (C=O) groups is 1. The van der Waals surface area contributed by atoms with E-state index < -0.39 is 17.1 Å². The lowest BCUT2D eigenvalue weighted by molar-refractivity contribution is -0.142. The molecule has 0 radical (unpaired) electrons. The number of benzene rings is 1. The summed E-state index contributed by atoms with van der Waals surface area (Å²) in [7, 11) is 0. The summed E-state index contributed by atoms with van der Waals surface area (Å²) in [6.07, 6.45) is 2.09. The van der Waals surface area contributed by atoms with Gasteiger partial charge in [0.1, 0.15) is 5.67 Å². The fourth-order valence-electron chi connectivity index (χ4n) is 2.08. The maximum absolute atomic E-state index is 14.1. The zero-order valence-corrected chi connectivity index (χ0v) is 10.2. The van der Waals surface area contributed by atoms with Crippen LogP contribution >= 0.6 is 0 Å². The third-order valence-corrected chi connectivity index (χ3v) is 3.80. The van der Waals surface area contributed by atoms with Crippen molar-refractivity contribution >= 4 is 5.97 Å². The fraction of sp³-hybridized carbons (Fsp3) is 0.500. The van der Waals surface area contributed by atoms with Crippen molar-refractivity contribution in [3.8, 4) is 0 Å². The Labute approximate surface area is 100 Å². The van der Waals surface area contributed by atoms with Crippen molar-refractivity contribution in [3.05, 3.63) is 35.4 Å². The van der Waals surface area contributed by atoms with Crippen molar-refractivity contribution in [2.75, 3.05) is 0 Å². The molecule has 2 nitrogen and oxygen atoms in total. The van der Waals surface area contributed by atoms with Crippen LogP contribution < -0.4 is 0 Å². The second-order valence-corrected chi connectivity index (χ2v) is 5.33. The molecule has 3 heteroatoms. The molecule has 1 N–H and O–H groups in total. The molecule has 0 spiro atoms. The van der Waals surface area contributed by atoms with Gasteiger partial charge in [0.15, 0.2) is 0 Å². The molecule has 1 aromatic carbocycles. The molecular formula is C14H17FO2. The summed E-state index contributed by atoms with van der Waals surface area (Å²) in [5.41, 5.74) is -0.724. The SMILES string of the molecule is CC(C)(C(=O)O)c1ccc(C2(F)CCC2)cc1. The second kappa shape index (κ2) is 3.83. The number of carboxylic acids is 1. The van der Waals surface area contributed by atoms with Gasteiger partial charge in [0.2, 0.25) is 0 Å². The lowest BCUT2D eigenvalue weighted by atomic mass is 9.75. The zero-order chi connectivity index (χ0) is 12.7. The molecule has 17 heavy (non-hydrogen) atoms. The molecule has 1 aromatic rings. The third kappa shape index (κ3) is 1.94. The zero-order valence-electron chi connectivity index (χ0n) is 10.2. The van der Waals surface area contributed by atoms with Gasteiger partial charge in [-0.05, 0) is 44.2 Å². The van der Waals surface area contributed by atoms with E-state index in [0.717, 1.165) is 6.42 Å². The van der Waals surface area contributed by atoms with Gasteiger partial charge in [-0.1, -0.05) is 24.3 Å². The standard InChI is InChI=1S/C14H17FO2/c1-13(2,12(16)17)10-4-6-11(7-5-10)14(15)8-3-9-14/h4-7H,3,8-9H2,1-2H3,(H,16,17). The molecule has 92 valence electrons. The normalized spacial score (nSPS) is 18.5. The van der Waals surface area contributed by atoms with E-state index in [-0.39, 0.29) is 0 Å². The van der Waals surface area contributed by atoms with E-state index in [2.05, 4.69) is 0 Å². The molecule has 0 atom stereocenters. The summed E-state index contributed by atoms with van der Waals surface area (Å²) in [6.45, 7) is 3.30. The molecule has 0 heterocycles. The first-order valence-electron chi connectivity index (χ1n) is 5.90. The van der Waals surface area contributed by atoms with Crippen LogP contribution in [-0.2, 0) is 15.9 Å². The lowest BCUT2D eigenvalue weighted by Gasteiger charge is -2.34. The first kappa shape index (κ1) is 12.1. The number of halogens is 1. The Hall–Kier alpha value is -1.38. The van der Waals surface area contributed by atoms with Crippen LogP contribution in [0.15, 0.2) is 24.3 Å². The molecule has 0 aliphatic heterocycles. The van der Waals surface area contributed by atoms with Crippen molar-refractivity contribution in [2.45, 2.75) is 44.2 Å². The first-order valence-corrected chi connectivity index (χ1v) is 5.90. The highest BCUT2D eigenvalue weighted by Crippen LogP contribution is 2.45. The maximum Gasteiger partial charge on any atom is 0.313 e. The molecule has 0 amide bonds. The van der Waals surface area contributed by atoms with Gasteiger partial charge >= 0.3 is 5.97 Å². The summed E-state index contributed by atoms with van der Waals surface area (Å²) in [6, 6.07) is 6.89. The van der Waals surface area contributed by atoms with Crippen molar-refractivity contribution < 1.29 is 14.3 Å². The van der Waals surface area contributed by atoms with Gasteiger partial charge in [0, 0.05) is 0 Å². The van der Waals surface area contributed by atoms with Gasteiger partial charge in [-0.15, -0.1) is 0 Å². The number of alkyl halides is 1. The highest BCUT2D eigenvalue weighted by molar-refractivity contribution is 5.80. The van der Waals surface area contributed by atoms with Crippen LogP contribution in [0, 0.1) is 0 Å². The van der Waals surface area contributed by atoms with Crippen LogP contribution in [0.5, 0.6) is 0 Å². The van der Waals surface area contributed by atoms with E-state index in [1.807, 2.05) is 0 Å². The quantitative estimate of drug-likeness (QED) is 0.873. The summed E-state index contributed by atoms with van der Waals surface area (Å²) in [4.78, 5) is 11.1. The Bertz CT molecular complexity index is 430. The Morgan fingerprint density at radius 1 is 1.29 bits per heavy atom. The summed E-state index contributed by atoms with van der Waals surface area (Å²) < 4.78 is 14.1. The Balaban J connectivity index is 2.27. The van der Waals surface area contributed by atoms with Crippen molar-refractivity contribution in [1.82, 2.24) is 0 Å². The topological polar surface area (TPSA) is 37.3 Å². The number of hydrogen-bond donors (Lipinski definition) is 1. The van der Waals surface area contributed by atoms with Crippen LogP contribution in [0.1, 0.15) is 44.2 Å². The van der Waals surface area contributed by atoms with Gasteiger partial charge in [-0.3, -0.25) is 4.79 Å². The van der Waals surface area contributed by atoms with Gasteiger partial charge in [0.25, 0.3) is 0 Å². The minimum atomic E-state index is -1.17. The monoisotopic (exact) mass is 236 g/mol. The minimum Gasteiger partial charge on any atom is -0.481 e. The lowest BCUT2D eigenvalue weighted by Crippen LogP contribution is -2.30. The van der Waals surface area contributed by atoms with Gasteiger partial charge in [0.05, 0.1) is 5.41 Å². The number of carboxylic acid groups (broad SMARTS) is 1. The average molecular weight is 236 g/mol. The Morgan fingerprint density at radius 3 is 2.18 bits per heavy atom. The molecule has 1 saturated carbocycles. The number of rotatable bonds is 3. The van der Waals surface area contributed by atoms with Crippen LogP contribution in [0.3, 0.4) is 0 Å². The average Bonchev–Trinajstić information content (AvgIpc) is 2.26. The van der Waals surface area contributed by atoms with Gasteiger partial charge < -0.3 is 5.11 Å². The van der Waals surface area contributed by atoms with E-state index in [4.69, 9.17) is 5.11 Å². The van der Waals surface area contributed by atoms with Crippen molar-refractivity contribution in [3.63, 3.8) is 0 Å². The number of aliphatic carboxylic acids is 1. The Kier molecular flexibility index (Phi) is 2.72. The van der Waals surface area contributed by atoms with Crippen LogP contribution in [-0.4, -0.2) is 11.1 Å². The van der Waals surface area contributed by atoms with E-state index in [0.29, 0.717) is 24.0 Å². The largest absolute Gasteiger partial charge is 0.481 e. The maximum atomic E-state index is 14.1. The fourth-order valence-corrected chi connectivity index (χ4v) is 2.08. The van der Waals surface area contributed by atoms with E-state index >= 15 is 0 Å². The summed E-state index contributed by atoms with van der Waals surface area (Å²) >= 11 is 0. The van der Waals surface area contributed by atoms with E-state index in [9.17, 15) is 9.18 Å². The van der Waals surface area contributed by atoms with E-state index in [1.165, 1.54) is 0 Å². The minimum absolute atomic E-state index is 0.578. The van der Waals surface area contributed by atoms with Crippen LogP contribution in [0.2, 0.25) is 0 Å². The van der Waals surface area contributed by atoms with Gasteiger partial charge in [-0.2, -0.15) is 0 Å². The number of hydrogen-bond acceptors (Lipinski definition) is 1. The van der Waals surface area contributed by atoms with Crippen molar-refractivity contribution in [2.24, 2.45) is 0 Å². The molecule has 1 aliphatic rings. The van der Waals surface area contributed by atoms with Crippen LogP contribution in [0.4, 0.5) is 4.39 Å². The predicted octanol–water partition coefficient (Wildman–Crippen LogP) is 3.40.